The van der Waals surface area contributed by atoms with Gasteiger partial charge in [0, 0.05) is 17.7 Å². The maximum atomic E-state index is 12.1. The highest BCUT2D eigenvalue weighted by Crippen LogP contribution is 2.11. The monoisotopic (exact) mass is 400 g/mol. The van der Waals surface area contributed by atoms with E-state index in [0.29, 0.717) is 12.2 Å². The third-order valence-corrected chi connectivity index (χ3v) is 4.06. The van der Waals surface area contributed by atoms with E-state index >= 15 is 0 Å². The summed E-state index contributed by atoms with van der Waals surface area (Å²) in [7, 11) is 1.82. The van der Waals surface area contributed by atoms with E-state index in [2.05, 4.69) is 36.7 Å². The number of aromatic nitrogens is 4. The molecule has 7 nitrogen and oxygen atoms in total. The number of aryl methyl sites for hydroxylation is 2. The first kappa shape index (κ1) is 17.1. The minimum atomic E-state index is -0.357. The van der Waals surface area contributed by atoms with Crippen molar-refractivity contribution in [2.75, 3.05) is 0 Å². The van der Waals surface area contributed by atoms with Crippen LogP contribution < -0.4 is 5.43 Å². The summed E-state index contributed by atoms with van der Waals surface area (Å²) in [5.41, 5.74) is 5.59. The van der Waals surface area contributed by atoms with E-state index in [1.165, 1.54) is 0 Å². The predicted octanol–water partition coefficient (Wildman–Crippen LogP) is 2.50. The highest BCUT2D eigenvalue weighted by molar-refractivity contribution is 9.10. The van der Waals surface area contributed by atoms with Crippen molar-refractivity contribution in [2.24, 2.45) is 12.1 Å². The summed E-state index contributed by atoms with van der Waals surface area (Å²) < 4.78 is 4.43. The van der Waals surface area contributed by atoms with Gasteiger partial charge in [0.25, 0.3) is 5.91 Å². The summed E-state index contributed by atoms with van der Waals surface area (Å²) in [6, 6.07) is 11.5. The Morgan fingerprint density at radius 2 is 2.04 bits per heavy atom. The van der Waals surface area contributed by atoms with Crippen molar-refractivity contribution in [1.29, 1.82) is 0 Å². The van der Waals surface area contributed by atoms with E-state index in [1.807, 2.05) is 44.3 Å². The number of hydrazone groups is 1. The summed E-state index contributed by atoms with van der Waals surface area (Å²) in [4.78, 5) is 12.1. The standard InChI is InChI=1S/C17H17BrN6O/c1-12-9-15(23(2)21-12)10-19-20-17(25)16-7-8-24(22-16)11-13-3-5-14(18)6-4-13/h3-10H,11H2,1-2H3,(H,20,25). The highest BCUT2D eigenvalue weighted by Gasteiger charge is 2.09. The molecule has 8 heteroatoms. The molecule has 0 unspecified atom stereocenters. The van der Waals surface area contributed by atoms with Crippen molar-refractivity contribution in [1.82, 2.24) is 25.0 Å². The van der Waals surface area contributed by atoms with Crippen molar-refractivity contribution in [3.63, 3.8) is 0 Å². The van der Waals surface area contributed by atoms with E-state index in [9.17, 15) is 4.79 Å². The Balaban J connectivity index is 1.60. The SMILES string of the molecule is Cc1cc(C=NNC(=O)c2ccn(Cc3ccc(Br)cc3)n2)n(C)n1. The zero-order valence-corrected chi connectivity index (χ0v) is 15.4. The second-order valence-corrected chi connectivity index (χ2v) is 6.47. The molecule has 2 heterocycles. The summed E-state index contributed by atoms with van der Waals surface area (Å²) in [5.74, 6) is -0.357. The number of rotatable bonds is 5. The number of carbonyl (C=O) groups excluding carboxylic acids is 1. The highest BCUT2D eigenvalue weighted by atomic mass is 79.9. The molecule has 2 aromatic heterocycles. The van der Waals surface area contributed by atoms with Gasteiger partial charge in [-0.15, -0.1) is 0 Å². The number of nitrogens with one attached hydrogen (secondary N) is 1. The van der Waals surface area contributed by atoms with Crippen LogP contribution in [-0.2, 0) is 13.6 Å². The Kier molecular flexibility index (Phi) is 5.08. The van der Waals surface area contributed by atoms with Gasteiger partial charge in [0.1, 0.15) is 0 Å². The quantitative estimate of drug-likeness (QED) is 0.527. The first-order chi connectivity index (χ1) is 12.0. The molecule has 3 rings (SSSR count). The average Bonchev–Trinajstić information content (AvgIpc) is 3.16. The van der Waals surface area contributed by atoms with Crippen molar-refractivity contribution in [3.05, 3.63) is 69.7 Å². The van der Waals surface area contributed by atoms with E-state index in [1.54, 1.807) is 27.8 Å². The largest absolute Gasteiger partial charge is 0.291 e. The second kappa shape index (κ2) is 7.43. The lowest BCUT2D eigenvalue weighted by Crippen LogP contribution is -2.19. The normalized spacial score (nSPS) is 11.2. The molecule has 0 spiro atoms. The van der Waals surface area contributed by atoms with E-state index < -0.39 is 0 Å². The molecule has 0 saturated heterocycles. The molecular weight excluding hydrogens is 384 g/mol. The first-order valence-corrected chi connectivity index (χ1v) is 8.42. The average molecular weight is 401 g/mol. The second-order valence-electron chi connectivity index (χ2n) is 5.56. The van der Waals surface area contributed by atoms with Crippen LogP contribution in [0.2, 0.25) is 0 Å². The van der Waals surface area contributed by atoms with Gasteiger partial charge in [-0.05, 0) is 36.8 Å². The van der Waals surface area contributed by atoms with Crippen LogP contribution in [-0.4, -0.2) is 31.7 Å². The molecule has 0 fully saturated rings. The van der Waals surface area contributed by atoms with Crippen molar-refractivity contribution >= 4 is 28.1 Å². The van der Waals surface area contributed by atoms with Gasteiger partial charge in [-0.1, -0.05) is 28.1 Å². The zero-order valence-electron chi connectivity index (χ0n) is 13.8. The van der Waals surface area contributed by atoms with Crippen molar-refractivity contribution in [3.8, 4) is 0 Å². The lowest BCUT2D eigenvalue weighted by Gasteiger charge is -2.02. The van der Waals surface area contributed by atoms with Crippen LogP contribution in [0, 0.1) is 6.92 Å². The van der Waals surface area contributed by atoms with Gasteiger partial charge in [-0.2, -0.15) is 15.3 Å². The Labute approximate surface area is 153 Å². The van der Waals surface area contributed by atoms with E-state index in [0.717, 1.165) is 21.4 Å². The molecule has 0 aliphatic rings. The third kappa shape index (κ3) is 4.42. The van der Waals surface area contributed by atoms with Gasteiger partial charge in [0.2, 0.25) is 0 Å². The molecular formula is C17H17BrN6O. The van der Waals surface area contributed by atoms with Gasteiger partial charge in [-0.3, -0.25) is 14.2 Å². The number of hydrogen-bond donors (Lipinski definition) is 1. The number of halogens is 1. The van der Waals surface area contributed by atoms with Crippen LogP contribution in [0.25, 0.3) is 0 Å². The zero-order chi connectivity index (χ0) is 17.8. The van der Waals surface area contributed by atoms with Crippen LogP contribution in [0.3, 0.4) is 0 Å². The number of nitrogens with zero attached hydrogens (tertiary/aromatic N) is 5. The molecule has 0 aliphatic carbocycles. The Morgan fingerprint density at radius 1 is 1.28 bits per heavy atom. The van der Waals surface area contributed by atoms with Crippen LogP contribution in [0.15, 0.2) is 52.2 Å². The molecule has 3 aromatic rings. The summed E-state index contributed by atoms with van der Waals surface area (Å²) in [5, 5.41) is 12.4. The Bertz CT molecular complexity index is 910. The molecule has 0 aliphatic heterocycles. The van der Waals surface area contributed by atoms with E-state index in [4.69, 9.17) is 0 Å². The lowest BCUT2D eigenvalue weighted by molar-refractivity contribution is 0.0949. The van der Waals surface area contributed by atoms with Gasteiger partial charge in [0.05, 0.1) is 24.1 Å². The van der Waals surface area contributed by atoms with Crippen molar-refractivity contribution in [2.45, 2.75) is 13.5 Å². The number of benzene rings is 1. The molecule has 1 amide bonds. The third-order valence-electron chi connectivity index (χ3n) is 3.53. The smallest absolute Gasteiger partial charge is 0.268 e. The minimum Gasteiger partial charge on any atom is -0.268 e. The van der Waals surface area contributed by atoms with Crippen LogP contribution in [0.1, 0.15) is 27.4 Å². The molecule has 0 bridgehead atoms. The lowest BCUT2D eigenvalue weighted by atomic mass is 10.2. The summed E-state index contributed by atoms with van der Waals surface area (Å²) in [6.07, 6.45) is 3.32. The molecule has 1 N–H and O–H groups in total. The van der Waals surface area contributed by atoms with Gasteiger partial charge < -0.3 is 0 Å². The van der Waals surface area contributed by atoms with Gasteiger partial charge >= 0.3 is 0 Å². The minimum absolute atomic E-state index is 0.315. The number of hydrogen-bond acceptors (Lipinski definition) is 4. The fraction of sp³-hybridized carbons (Fsp3) is 0.176. The van der Waals surface area contributed by atoms with Crippen molar-refractivity contribution < 1.29 is 4.79 Å². The molecule has 128 valence electrons. The topological polar surface area (TPSA) is 77.1 Å². The van der Waals surface area contributed by atoms with Crippen LogP contribution >= 0.6 is 15.9 Å². The summed E-state index contributed by atoms with van der Waals surface area (Å²) in [6.45, 7) is 2.49. The van der Waals surface area contributed by atoms with Gasteiger partial charge in [-0.25, -0.2) is 5.43 Å². The molecule has 0 saturated carbocycles. The summed E-state index contributed by atoms with van der Waals surface area (Å²) >= 11 is 3.41. The molecule has 25 heavy (non-hydrogen) atoms. The van der Waals surface area contributed by atoms with E-state index in [-0.39, 0.29) is 5.91 Å². The van der Waals surface area contributed by atoms with Crippen LogP contribution in [0.5, 0.6) is 0 Å². The first-order valence-electron chi connectivity index (χ1n) is 7.63. The Morgan fingerprint density at radius 3 is 2.72 bits per heavy atom. The fourth-order valence-electron chi connectivity index (χ4n) is 2.31. The molecule has 1 aromatic carbocycles. The maximum Gasteiger partial charge on any atom is 0.291 e. The molecule has 0 radical (unpaired) electrons. The maximum absolute atomic E-state index is 12.1. The number of carbonyl (C=O) groups is 1. The number of amides is 1. The van der Waals surface area contributed by atoms with Gasteiger partial charge in [0.15, 0.2) is 5.69 Å². The predicted molar refractivity (Wildman–Crippen MR) is 98.5 cm³/mol. The van der Waals surface area contributed by atoms with Crippen LogP contribution in [0.4, 0.5) is 0 Å². The Hall–Kier alpha value is -2.74. The molecule has 0 atom stereocenters. The fourth-order valence-corrected chi connectivity index (χ4v) is 2.58.